The van der Waals surface area contributed by atoms with E-state index in [-0.39, 0.29) is 5.97 Å². The van der Waals surface area contributed by atoms with E-state index in [1.54, 1.807) is 30.6 Å². The molecule has 0 bridgehead atoms. The van der Waals surface area contributed by atoms with Crippen LogP contribution in [0.15, 0.2) is 30.6 Å². The van der Waals surface area contributed by atoms with Gasteiger partial charge >= 0.3 is 5.97 Å². The molecule has 0 spiro atoms. The van der Waals surface area contributed by atoms with Gasteiger partial charge in [-0.1, -0.05) is 0 Å². The van der Waals surface area contributed by atoms with Crippen LogP contribution >= 0.6 is 0 Å². The fourth-order valence-corrected chi connectivity index (χ4v) is 1.73. The van der Waals surface area contributed by atoms with Gasteiger partial charge in [0.25, 0.3) is 0 Å². The Morgan fingerprint density at radius 1 is 1.29 bits per heavy atom. The first-order valence-electron chi connectivity index (χ1n) is 5.35. The number of pyridine rings is 1. The summed E-state index contributed by atoms with van der Waals surface area (Å²) in [5, 5.41) is 1.61. The predicted octanol–water partition coefficient (Wildman–Crippen LogP) is 2.42. The summed E-state index contributed by atoms with van der Waals surface area (Å²) in [6, 6.07) is 5.25. The third-order valence-corrected chi connectivity index (χ3v) is 2.48. The van der Waals surface area contributed by atoms with Crippen molar-refractivity contribution in [1.29, 1.82) is 0 Å². The third-order valence-electron chi connectivity index (χ3n) is 2.48. The summed E-state index contributed by atoms with van der Waals surface area (Å²) in [6.45, 7) is 2.48. The van der Waals surface area contributed by atoms with Gasteiger partial charge in [-0.05, 0) is 25.1 Å². The zero-order chi connectivity index (χ0) is 12.3. The number of rotatable bonds is 3. The average molecular weight is 231 g/mol. The number of carbonyl (C=O) groups excluding carboxylic acids is 1. The Bertz CT molecular complexity index is 551. The average Bonchev–Trinajstić information content (AvgIpc) is 2.38. The molecule has 0 saturated heterocycles. The molecule has 0 saturated carbocycles. The van der Waals surface area contributed by atoms with Crippen molar-refractivity contribution in [1.82, 2.24) is 4.98 Å². The van der Waals surface area contributed by atoms with E-state index in [1.807, 2.05) is 6.92 Å². The van der Waals surface area contributed by atoms with E-state index < -0.39 is 0 Å². The first kappa shape index (κ1) is 11.4. The molecule has 1 aromatic heterocycles. The lowest BCUT2D eigenvalue weighted by Gasteiger charge is -2.09. The van der Waals surface area contributed by atoms with Crippen molar-refractivity contribution in [2.45, 2.75) is 6.92 Å². The second-order valence-electron chi connectivity index (χ2n) is 3.46. The van der Waals surface area contributed by atoms with Crippen molar-refractivity contribution in [3.05, 3.63) is 36.2 Å². The minimum absolute atomic E-state index is 0.357. The van der Waals surface area contributed by atoms with Crippen LogP contribution in [0.1, 0.15) is 17.3 Å². The number of esters is 1. The molecule has 17 heavy (non-hydrogen) atoms. The summed E-state index contributed by atoms with van der Waals surface area (Å²) in [5.74, 6) is 0.368. The van der Waals surface area contributed by atoms with Crippen LogP contribution in [-0.4, -0.2) is 24.7 Å². The Hall–Kier alpha value is -2.10. The molecule has 1 heterocycles. The molecule has 4 heteroatoms. The van der Waals surface area contributed by atoms with E-state index in [0.29, 0.717) is 12.2 Å². The number of methoxy groups -OCH3 is 1. The molecule has 4 nitrogen and oxygen atoms in total. The highest BCUT2D eigenvalue weighted by molar-refractivity contribution is 6.06. The van der Waals surface area contributed by atoms with Gasteiger partial charge < -0.3 is 9.47 Å². The lowest BCUT2D eigenvalue weighted by molar-refractivity contribution is 0.0603. The number of nitrogens with zero attached hydrogens (tertiary/aromatic N) is 1. The highest BCUT2D eigenvalue weighted by atomic mass is 16.5. The number of carbonyl (C=O) groups is 1. The molecule has 1 aromatic carbocycles. The second kappa shape index (κ2) is 4.82. The molecule has 0 aliphatic heterocycles. The SMILES string of the molecule is CCOc1ccc(C(=O)OC)c2ccncc12. The van der Waals surface area contributed by atoms with Crippen LogP contribution < -0.4 is 4.74 Å². The number of ether oxygens (including phenoxy) is 2. The smallest absolute Gasteiger partial charge is 0.338 e. The zero-order valence-corrected chi connectivity index (χ0v) is 9.77. The summed E-state index contributed by atoms with van der Waals surface area (Å²) >= 11 is 0. The quantitative estimate of drug-likeness (QED) is 0.761. The Labute approximate surface area is 99.2 Å². The number of hydrogen-bond acceptors (Lipinski definition) is 4. The largest absolute Gasteiger partial charge is 0.493 e. The maximum absolute atomic E-state index is 11.6. The Morgan fingerprint density at radius 2 is 2.12 bits per heavy atom. The molecular weight excluding hydrogens is 218 g/mol. The summed E-state index contributed by atoms with van der Waals surface area (Å²) < 4.78 is 10.2. The Balaban J connectivity index is 2.66. The molecule has 0 aliphatic rings. The molecule has 0 radical (unpaired) electrons. The van der Waals surface area contributed by atoms with Gasteiger partial charge in [-0.3, -0.25) is 4.98 Å². The van der Waals surface area contributed by atoms with Gasteiger partial charge in [0.2, 0.25) is 0 Å². The molecule has 0 amide bonds. The molecule has 0 fully saturated rings. The van der Waals surface area contributed by atoms with Crippen molar-refractivity contribution in [3.8, 4) is 5.75 Å². The first-order chi connectivity index (χ1) is 8.27. The summed E-state index contributed by atoms with van der Waals surface area (Å²) in [7, 11) is 1.37. The molecule has 0 unspecified atom stereocenters. The number of aromatic nitrogens is 1. The third kappa shape index (κ3) is 2.06. The number of fused-ring (bicyclic) bond motifs is 1. The summed E-state index contributed by atoms with van der Waals surface area (Å²) in [6.07, 6.45) is 3.33. The molecule has 0 atom stereocenters. The van der Waals surface area contributed by atoms with Crippen molar-refractivity contribution in [3.63, 3.8) is 0 Å². The van der Waals surface area contributed by atoms with Crippen LogP contribution in [0.3, 0.4) is 0 Å². The van der Waals surface area contributed by atoms with E-state index in [1.165, 1.54) is 7.11 Å². The topological polar surface area (TPSA) is 48.4 Å². The molecule has 0 N–H and O–H groups in total. The monoisotopic (exact) mass is 231 g/mol. The van der Waals surface area contributed by atoms with Crippen molar-refractivity contribution in [2.24, 2.45) is 0 Å². The lowest BCUT2D eigenvalue weighted by atomic mass is 10.1. The van der Waals surface area contributed by atoms with Gasteiger partial charge in [-0.2, -0.15) is 0 Å². The van der Waals surface area contributed by atoms with Crippen LogP contribution in [0.4, 0.5) is 0 Å². The predicted molar refractivity (Wildman–Crippen MR) is 64.3 cm³/mol. The van der Waals surface area contributed by atoms with Crippen molar-refractivity contribution < 1.29 is 14.3 Å². The Kier molecular flexibility index (Phi) is 3.23. The molecule has 88 valence electrons. The van der Waals surface area contributed by atoms with Gasteiger partial charge in [0.1, 0.15) is 5.75 Å². The van der Waals surface area contributed by atoms with Crippen molar-refractivity contribution >= 4 is 16.7 Å². The fourth-order valence-electron chi connectivity index (χ4n) is 1.73. The van der Waals surface area contributed by atoms with E-state index in [2.05, 4.69) is 4.98 Å². The zero-order valence-electron chi connectivity index (χ0n) is 9.77. The van der Waals surface area contributed by atoms with Gasteiger partial charge in [-0.15, -0.1) is 0 Å². The Morgan fingerprint density at radius 3 is 2.82 bits per heavy atom. The van der Waals surface area contributed by atoms with E-state index >= 15 is 0 Å². The lowest BCUT2D eigenvalue weighted by Crippen LogP contribution is -2.03. The minimum atomic E-state index is -0.357. The standard InChI is InChI=1S/C13H13NO3/c1-3-17-12-5-4-10(13(15)16-2)9-6-7-14-8-11(9)12/h4-8H,3H2,1-2H3. The molecular formula is C13H13NO3. The van der Waals surface area contributed by atoms with Gasteiger partial charge in [0.05, 0.1) is 19.3 Å². The fraction of sp³-hybridized carbons (Fsp3) is 0.231. The van der Waals surface area contributed by atoms with Crippen molar-refractivity contribution in [2.75, 3.05) is 13.7 Å². The summed E-state index contributed by atoms with van der Waals surface area (Å²) in [4.78, 5) is 15.7. The highest BCUT2D eigenvalue weighted by Gasteiger charge is 2.12. The molecule has 2 rings (SSSR count). The second-order valence-corrected chi connectivity index (χ2v) is 3.46. The van der Waals surface area contributed by atoms with Crippen LogP contribution in [0.5, 0.6) is 5.75 Å². The van der Waals surface area contributed by atoms with Crippen LogP contribution in [0.2, 0.25) is 0 Å². The normalized spacial score (nSPS) is 10.2. The minimum Gasteiger partial charge on any atom is -0.493 e. The maximum Gasteiger partial charge on any atom is 0.338 e. The van der Waals surface area contributed by atoms with Crippen LogP contribution in [-0.2, 0) is 4.74 Å². The van der Waals surface area contributed by atoms with Gasteiger partial charge in [0, 0.05) is 23.2 Å². The van der Waals surface area contributed by atoms with Crippen LogP contribution in [0, 0.1) is 0 Å². The summed E-state index contributed by atoms with van der Waals surface area (Å²) in [5.41, 5.74) is 0.522. The van der Waals surface area contributed by atoms with E-state index in [4.69, 9.17) is 9.47 Å². The maximum atomic E-state index is 11.6. The van der Waals surface area contributed by atoms with E-state index in [9.17, 15) is 4.79 Å². The van der Waals surface area contributed by atoms with Crippen LogP contribution in [0.25, 0.3) is 10.8 Å². The van der Waals surface area contributed by atoms with Gasteiger partial charge in [-0.25, -0.2) is 4.79 Å². The molecule has 2 aromatic rings. The van der Waals surface area contributed by atoms with E-state index in [0.717, 1.165) is 16.5 Å². The molecule has 0 aliphatic carbocycles. The number of benzene rings is 1. The number of hydrogen-bond donors (Lipinski definition) is 0. The first-order valence-corrected chi connectivity index (χ1v) is 5.35. The highest BCUT2D eigenvalue weighted by Crippen LogP contribution is 2.28. The van der Waals surface area contributed by atoms with Gasteiger partial charge in [0.15, 0.2) is 0 Å².